The third-order valence-electron chi connectivity index (χ3n) is 2.78. The van der Waals surface area contributed by atoms with Gasteiger partial charge in [0.1, 0.15) is 17.8 Å². The van der Waals surface area contributed by atoms with Gasteiger partial charge in [-0.1, -0.05) is 24.3 Å². The summed E-state index contributed by atoms with van der Waals surface area (Å²) in [6.45, 7) is 2.58. The Morgan fingerprint density at radius 2 is 1.32 bits per heavy atom. The molecule has 0 spiro atoms. The molecular weight excluding hydrogens is 284 g/mol. The van der Waals surface area contributed by atoms with Crippen LogP contribution in [0.2, 0.25) is 0 Å². The van der Waals surface area contributed by atoms with Gasteiger partial charge in [-0.2, -0.15) is 0 Å². The van der Waals surface area contributed by atoms with Crippen LogP contribution in [0.5, 0.6) is 11.5 Å². The van der Waals surface area contributed by atoms with Gasteiger partial charge in [0.05, 0.1) is 0 Å². The topological polar surface area (TPSA) is 69.7 Å². The molecule has 0 aliphatic heterocycles. The average Bonchev–Trinajstić information content (AvgIpc) is 2.45. The molecule has 0 aromatic heterocycles. The zero-order chi connectivity index (χ0) is 16.1. The van der Waals surface area contributed by atoms with Gasteiger partial charge in [-0.3, -0.25) is 14.4 Å². The number of carbonyl (C=O) groups is 3. The quantitative estimate of drug-likeness (QED) is 0.493. The highest BCUT2D eigenvalue weighted by Gasteiger charge is 2.08. The molecular formula is C17H14O5. The fourth-order valence-electron chi connectivity index (χ4n) is 1.94. The van der Waals surface area contributed by atoms with E-state index in [1.165, 1.54) is 19.9 Å². The molecule has 0 radical (unpaired) electrons. The second-order valence-electron chi connectivity index (χ2n) is 4.62. The predicted octanol–water partition coefficient (Wildman–Crippen LogP) is 3.02. The maximum Gasteiger partial charge on any atom is 0.308 e. The number of benzene rings is 2. The normalized spacial score (nSPS) is 9.91. The van der Waals surface area contributed by atoms with Gasteiger partial charge in [-0.25, -0.2) is 0 Å². The molecule has 0 saturated carbocycles. The lowest BCUT2D eigenvalue weighted by Gasteiger charge is -2.09. The molecule has 5 heteroatoms. The fraction of sp³-hybridized carbons (Fsp3) is 0.118. The van der Waals surface area contributed by atoms with E-state index in [0.717, 1.165) is 11.8 Å². The number of ether oxygens (including phenoxy) is 2. The number of rotatable bonds is 4. The molecule has 2 aromatic carbocycles. The number of hydrogen-bond donors (Lipinski definition) is 0. The zero-order valence-corrected chi connectivity index (χ0v) is 12.2. The first-order valence-corrected chi connectivity index (χ1v) is 6.55. The maximum atomic E-state index is 11.1. The Labute approximate surface area is 127 Å². The molecule has 0 bridgehead atoms. The van der Waals surface area contributed by atoms with Crippen LogP contribution >= 0.6 is 0 Å². The first-order chi connectivity index (χ1) is 10.5. The Kier molecular flexibility index (Phi) is 4.68. The van der Waals surface area contributed by atoms with Crippen LogP contribution in [0.25, 0.3) is 11.1 Å². The minimum absolute atomic E-state index is 0.278. The second kappa shape index (κ2) is 6.67. The Morgan fingerprint density at radius 3 is 1.73 bits per heavy atom. The van der Waals surface area contributed by atoms with E-state index in [9.17, 15) is 14.4 Å². The molecule has 2 rings (SSSR count). The van der Waals surface area contributed by atoms with E-state index in [1.54, 1.807) is 36.4 Å². The summed E-state index contributed by atoms with van der Waals surface area (Å²) in [6, 6.07) is 11.6. The molecule has 0 aliphatic rings. The van der Waals surface area contributed by atoms with Crippen molar-refractivity contribution in [3.63, 3.8) is 0 Å². The van der Waals surface area contributed by atoms with Crippen molar-refractivity contribution >= 4 is 18.2 Å². The lowest BCUT2D eigenvalue weighted by atomic mass is 10.0. The van der Waals surface area contributed by atoms with E-state index in [0.29, 0.717) is 11.1 Å². The number of hydrogen-bond acceptors (Lipinski definition) is 5. The van der Waals surface area contributed by atoms with E-state index >= 15 is 0 Å². The highest BCUT2D eigenvalue weighted by atomic mass is 16.5. The molecule has 0 unspecified atom stereocenters. The standard InChI is InChI=1S/C17H14O5/c1-11(19)21-16-7-15(8-17(9-16)22-12(2)20)14-5-3-13(10-18)4-6-14/h3-10H,1-2H3. The average molecular weight is 298 g/mol. The van der Waals surface area contributed by atoms with Crippen molar-refractivity contribution in [2.24, 2.45) is 0 Å². The van der Waals surface area contributed by atoms with Crippen LogP contribution < -0.4 is 9.47 Å². The summed E-state index contributed by atoms with van der Waals surface area (Å²) in [5, 5.41) is 0. The summed E-state index contributed by atoms with van der Waals surface area (Å²) >= 11 is 0. The number of aldehydes is 1. The number of carbonyl (C=O) groups excluding carboxylic acids is 3. The van der Waals surface area contributed by atoms with Crippen LogP contribution in [0.4, 0.5) is 0 Å². The van der Waals surface area contributed by atoms with Gasteiger partial charge >= 0.3 is 11.9 Å². The number of esters is 2. The van der Waals surface area contributed by atoms with Gasteiger partial charge in [-0.05, 0) is 23.3 Å². The van der Waals surface area contributed by atoms with Crippen LogP contribution in [0.15, 0.2) is 42.5 Å². The van der Waals surface area contributed by atoms with Crippen molar-refractivity contribution in [2.75, 3.05) is 0 Å². The van der Waals surface area contributed by atoms with Crippen molar-refractivity contribution < 1.29 is 23.9 Å². The van der Waals surface area contributed by atoms with Crippen molar-refractivity contribution in [3.8, 4) is 22.6 Å². The minimum Gasteiger partial charge on any atom is -0.427 e. The highest BCUT2D eigenvalue weighted by molar-refractivity contribution is 5.78. The van der Waals surface area contributed by atoms with Crippen molar-refractivity contribution in [3.05, 3.63) is 48.0 Å². The Balaban J connectivity index is 2.45. The van der Waals surface area contributed by atoms with Gasteiger partial charge in [0.25, 0.3) is 0 Å². The van der Waals surface area contributed by atoms with Crippen molar-refractivity contribution in [2.45, 2.75) is 13.8 Å². The Morgan fingerprint density at radius 1 is 0.818 bits per heavy atom. The Bertz CT molecular complexity index is 682. The molecule has 0 saturated heterocycles. The lowest BCUT2D eigenvalue weighted by molar-refractivity contribution is -0.132. The van der Waals surface area contributed by atoms with E-state index < -0.39 is 11.9 Å². The monoisotopic (exact) mass is 298 g/mol. The summed E-state index contributed by atoms with van der Waals surface area (Å²) in [7, 11) is 0. The largest absolute Gasteiger partial charge is 0.427 e. The minimum atomic E-state index is -0.470. The van der Waals surface area contributed by atoms with Crippen molar-refractivity contribution in [1.29, 1.82) is 0 Å². The second-order valence-corrected chi connectivity index (χ2v) is 4.62. The van der Waals surface area contributed by atoms with Crippen LogP contribution in [0, 0.1) is 0 Å². The molecule has 112 valence electrons. The van der Waals surface area contributed by atoms with E-state index in [-0.39, 0.29) is 11.5 Å². The fourth-order valence-corrected chi connectivity index (χ4v) is 1.94. The molecule has 0 amide bonds. The highest BCUT2D eigenvalue weighted by Crippen LogP contribution is 2.30. The van der Waals surface area contributed by atoms with E-state index in [1.807, 2.05) is 0 Å². The van der Waals surface area contributed by atoms with Gasteiger partial charge < -0.3 is 9.47 Å². The zero-order valence-electron chi connectivity index (χ0n) is 12.2. The third kappa shape index (κ3) is 4.02. The smallest absolute Gasteiger partial charge is 0.308 e. The van der Waals surface area contributed by atoms with Crippen LogP contribution in [-0.4, -0.2) is 18.2 Å². The molecule has 2 aromatic rings. The van der Waals surface area contributed by atoms with Crippen molar-refractivity contribution in [1.82, 2.24) is 0 Å². The molecule has 0 heterocycles. The van der Waals surface area contributed by atoms with Gasteiger partial charge in [0.15, 0.2) is 0 Å². The van der Waals surface area contributed by atoms with Gasteiger partial charge in [-0.15, -0.1) is 0 Å². The van der Waals surface area contributed by atoms with Crippen LogP contribution in [-0.2, 0) is 9.59 Å². The third-order valence-corrected chi connectivity index (χ3v) is 2.78. The molecule has 0 fully saturated rings. The summed E-state index contributed by atoms with van der Waals surface area (Å²) in [4.78, 5) is 32.9. The molecule has 5 nitrogen and oxygen atoms in total. The maximum absolute atomic E-state index is 11.1. The molecule has 22 heavy (non-hydrogen) atoms. The summed E-state index contributed by atoms with van der Waals surface area (Å²) in [5.74, 6) is -0.383. The summed E-state index contributed by atoms with van der Waals surface area (Å²) in [5.41, 5.74) is 2.06. The molecule has 0 atom stereocenters. The molecule has 0 aliphatic carbocycles. The van der Waals surface area contributed by atoms with Gasteiger partial charge in [0, 0.05) is 25.5 Å². The lowest BCUT2D eigenvalue weighted by Crippen LogP contribution is -2.04. The predicted molar refractivity (Wildman–Crippen MR) is 79.9 cm³/mol. The van der Waals surface area contributed by atoms with E-state index in [2.05, 4.69) is 0 Å². The van der Waals surface area contributed by atoms with E-state index in [4.69, 9.17) is 9.47 Å². The first-order valence-electron chi connectivity index (χ1n) is 6.55. The van der Waals surface area contributed by atoms with Gasteiger partial charge in [0.2, 0.25) is 0 Å². The molecule has 0 N–H and O–H groups in total. The van der Waals surface area contributed by atoms with Crippen LogP contribution in [0.3, 0.4) is 0 Å². The Hall–Kier alpha value is -2.95. The summed E-state index contributed by atoms with van der Waals surface area (Å²) in [6.07, 6.45) is 0.753. The SMILES string of the molecule is CC(=O)Oc1cc(OC(C)=O)cc(-c2ccc(C=O)cc2)c1. The first kappa shape index (κ1) is 15.4. The summed E-state index contributed by atoms with van der Waals surface area (Å²) < 4.78 is 10.1. The van der Waals surface area contributed by atoms with Crippen LogP contribution in [0.1, 0.15) is 24.2 Å².